The zero-order chi connectivity index (χ0) is 16.0. The summed E-state index contributed by atoms with van der Waals surface area (Å²) in [7, 11) is -3.36. The molecule has 0 spiro atoms. The Hall–Kier alpha value is -0.850. The van der Waals surface area contributed by atoms with Crippen molar-refractivity contribution in [3.8, 4) is 0 Å². The van der Waals surface area contributed by atoms with E-state index in [0.717, 1.165) is 43.6 Å². The quantitative estimate of drug-likeness (QED) is 0.801. The van der Waals surface area contributed by atoms with Gasteiger partial charge in [0.2, 0.25) is 0 Å². The molecule has 1 saturated heterocycles. The van der Waals surface area contributed by atoms with Gasteiger partial charge in [0.1, 0.15) is 11.5 Å². The van der Waals surface area contributed by atoms with Crippen LogP contribution in [-0.2, 0) is 16.8 Å². The average molecular weight is 338 g/mol. The Morgan fingerprint density at radius 3 is 2.52 bits per heavy atom. The first kappa shape index (κ1) is 15.7. The zero-order valence-electron chi connectivity index (χ0n) is 13.8. The normalized spacial score (nSPS) is 29.1. The molecule has 1 aromatic rings. The fraction of sp³-hybridized carbons (Fsp3) is 0.765. The van der Waals surface area contributed by atoms with E-state index in [-0.39, 0.29) is 6.04 Å². The Kier molecular flexibility index (Phi) is 4.02. The molecule has 5 nitrogen and oxygen atoms in total. The molecule has 0 bridgehead atoms. The van der Waals surface area contributed by atoms with Crippen LogP contribution in [0.25, 0.3) is 0 Å². The van der Waals surface area contributed by atoms with Crippen LogP contribution in [0, 0.1) is 5.92 Å². The van der Waals surface area contributed by atoms with E-state index in [0.29, 0.717) is 31.5 Å². The molecule has 2 heterocycles. The maximum absolute atomic E-state index is 13.0. The third kappa shape index (κ3) is 3.21. The summed E-state index contributed by atoms with van der Waals surface area (Å²) < 4.78 is 35.3. The van der Waals surface area contributed by atoms with Crippen LogP contribution < -0.4 is 0 Å². The number of hydrogen-bond acceptors (Lipinski definition) is 3. The van der Waals surface area contributed by atoms with Crippen molar-refractivity contribution >= 4 is 10.2 Å². The Labute approximate surface area is 138 Å². The number of piperidine rings is 1. The van der Waals surface area contributed by atoms with Gasteiger partial charge >= 0.3 is 0 Å². The van der Waals surface area contributed by atoms with Gasteiger partial charge in [0.15, 0.2) is 0 Å². The number of hydrogen-bond donors (Lipinski definition) is 0. The van der Waals surface area contributed by atoms with E-state index in [1.807, 2.05) is 12.1 Å². The average Bonchev–Trinajstić information content (AvgIpc) is 3.47. The minimum atomic E-state index is -3.36. The lowest BCUT2D eigenvalue weighted by molar-refractivity contribution is 0.283. The van der Waals surface area contributed by atoms with E-state index in [9.17, 15) is 8.42 Å². The minimum Gasteiger partial charge on any atom is -0.464 e. The van der Waals surface area contributed by atoms with Gasteiger partial charge in [0, 0.05) is 25.0 Å². The second-order valence-corrected chi connectivity index (χ2v) is 9.25. The van der Waals surface area contributed by atoms with E-state index in [1.54, 1.807) is 8.61 Å². The van der Waals surface area contributed by atoms with Gasteiger partial charge in [-0.2, -0.15) is 17.0 Å². The highest BCUT2D eigenvalue weighted by atomic mass is 32.2. The number of nitrogens with zero attached hydrogens (tertiary/aromatic N) is 2. The van der Waals surface area contributed by atoms with Crippen molar-refractivity contribution in [1.82, 2.24) is 8.61 Å². The summed E-state index contributed by atoms with van der Waals surface area (Å²) in [6.07, 6.45) is 6.22. The van der Waals surface area contributed by atoms with E-state index < -0.39 is 10.2 Å². The van der Waals surface area contributed by atoms with Crippen LogP contribution in [0.2, 0.25) is 0 Å². The molecule has 1 aromatic heterocycles. The molecule has 23 heavy (non-hydrogen) atoms. The van der Waals surface area contributed by atoms with Crippen molar-refractivity contribution in [2.45, 2.75) is 64.0 Å². The van der Waals surface area contributed by atoms with Crippen molar-refractivity contribution in [3.05, 3.63) is 23.7 Å². The van der Waals surface area contributed by atoms with Crippen LogP contribution in [0.5, 0.6) is 0 Å². The molecule has 2 saturated carbocycles. The van der Waals surface area contributed by atoms with Gasteiger partial charge in [-0.1, -0.05) is 13.3 Å². The third-order valence-corrected chi connectivity index (χ3v) is 7.40. The molecule has 0 N–H and O–H groups in total. The SMILES string of the molecule is C[C@H]1C[C@H]1c1ccc(CN(C2CC2)S(=O)(=O)N2CCCCC2)o1. The van der Waals surface area contributed by atoms with E-state index >= 15 is 0 Å². The molecular weight excluding hydrogens is 312 g/mol. The van der Waals surface area contributed by atoms with E-state index in [4.69, 9.17) is 4.42 Å². The predicted octanol–water partition coefficient (Wildman–Crippen LogP) is 3.10. The summed E-state index contributed by atoms with van der Waals surface area (Å²) in [6, 6.07) is 4.15. The van der Waals surface area contributed by atoms with Crippen molar-refractivity contribution in [3.63, 3.8) is 0 Å². The largest absolute Gasteiger partial charge is 0.464 e. The molecule has 0 radical (unpaired) electrons. The van der Waals surface area contributed by atoms with E-state index in [1.165, 1.54) is 6.42 Å². The summed E-state index contributed by atoms with van der Waals surface area (Å²) >= 11 is 0. The van der Waals surface area contributed by atoms with Gasteiger partial charge in [-0.05, 0) is 50.2 Å². The lowest BCUT2D eigenvalue weighted by Gasteiger charge is -2.31. The zero-order valence-corrected chi connectivity index (χ0v) is 14.6. The molecule has 3 aliphatic rings. The van der Waals surface area contributed by atoms with Gasteiger partial charge in [0.25, 0.3) is 10.2 Å². The maximum atomic E-state index is 13.0. The van der Waals surface area contributed by atoms with Crippen molar-refractivity contribution in [1.29, 1.82) is 0 Å². The molecule has 0 aromatic carbocycles. The Morgan fingerprint density at radius 2 is 1.91 bits per heavy atom. The highest BCUT2D eigenvalue weighted by Gasteiger charge is 2.42. The summed E-state index contributed by atoms with van der Waals surface area (Å²) in [5.41, 5.74) is 0. The first-order valence-electron chi connectivity index (χ1n) is 8.91. The van der Waals surface area contributed by atoms with Crippen LogP contribution in [-0.4, -0.2) is 36.2 Å². The minimum absolute atomic E-state index is 0.162. The monoisotopic (exact) mass is 338 g/mol. The fourth-order valence-corrected chi connectivity index (χ4v) is 5.45. The van der Waals surface area contributed by atoms with Gasteiger partial charge in [-0.25, -0.2) is 0 Å². The smallest absolute Gasteiger partial charge is 0.282 e. The van der Waals surface area contributed by atoms with Crippen LogP contribution in [0.4, 0.5) is 0 Å². The summed E-state index contributed by atoms with van der Waals surface area (Å²) in [5, 5.41) is 0. The van der Waals surface area contributed by atoms with Crippen molar-refractivity contribution in [2.24, 2.45) is 5.92 Å². The highest BCUT2D eigenvalue weighted by Crippen LogP contribution is 2.47. The van der Waals surface area contributed by atoms with Crippen molar-refractivity contribution < 1.29 is 12.8 Å². The summed E-state index contributed by atoms with van der Waals surface area (Å²) in [4.78, 5) is 0. The van der Waals surface area contributed by atoms with Gasteiger partial charge < -0.3 is 4.42 Å². The fourth-order valence-electron chi connectivity index (χ4n) is 3.56. The van der Waals surface area contributed by atoms with Crippen LogP contribution in [0.15, 0.2) is 16.5 Å². The molecule has 128 valence electrons. The Balaban J connectivity index is 1.50. The molecule has 0 unspecified atom stereocenters. The first-order valence-corrected chi connectivity index (χ1v) is 10.3. The summed E-state index contributed by atoms with van der Waals surface area (Å²) in [5.74, 6) is 3.05. The maximum Gasteiger partial charge on any atom is 0.282 e. The second-order valence-electron chi connectivity index (χ2n) is 7.37. The molecular formula is C17H26N2O3S. The molecule has 0 amide bonds. The van der Waals surface area contributed by atoms with Crippen LogP contribution in [0.1, 0.15) is 62.9 Å². The lowest BCUT2D eigenvalue weighted by atomic mass is 10.2. The standard InChI is InChI=1S/C17H26N2O3S/c1-13-11-16(13)17-8-7-15(22-17)12-19(14-5-6-14)23(20,21)18-9-3-2-4-10-18/h7-8,13-14,16H,2-6,9-12H2,1H3/t13-,16+/m0/s1. The molecule has 6 heteroatoms. The highest BCUT2D eigenvalue weighted by molar-refractivity contribution is 7.86. The van der Waals surface area contributed by atoms with Crippen LogP contribution >= 0.6 is 0 Å². The van der Waals surface area contributed by atoms with Gasteiger partial charge in [-0.3, -0.25) is 0 Å². The molecule has 4 rings (SSSR count). The molecule has 2 atom stereocenters. The second kappa shape index (κ2) is 5.90. The van der Waals surface area contributed by atoms with E-state index in [2.05, 4.69) is 6.92 Å². The molecule has 3 fully saturated rings. The number of furan rings is 1. The predicted molar refractivity (Wildman–Crippen MR) is 88.1 cm³/mol. The Morgan fingerprint density at radius 1 is 1.22 bits per heavy atom. The van der Waals surface area contributed by atoms with Gasteiger partial charge in [0.05, 0.1) is 6.54 Å². The molecule has 1 aliphatic heterocycles. The Bertz CT molecular complexity index is 659. The van der Waals surface area contributed by atoms with Crippen molar-refractivity contribution in [2.75, 3.05) is 13.1 Å². The van der Waals surface area contributed by atoms with Crippen LogP contribution in [0.3, 0.4) is 0 Å². The van der Waals surface area contributed by atoms with Gasteiger partial charge in [-0.15, -0.1) is 0 Å². The topological polar surface area (TPSA) is 53.8 Å². The third-order valence-electron chi connectivity index (χ3n) is 5.36. The number of rotatable bonds is 6. The first-order chi connectivity index (χ1) is 11.1. The molecule has 2 aliphatic carbocycles. The lowest BCUT2D eigenvalue weighted by Crippen LogP contribution is -2.46. The summed E-state index contributed by atoms with van der Waals surface area (Å²) in [6.45, 7) is 3.93.